The largest absolute Gasteiger partial charge is 0.452 e. The lowest BCUT2D eigenvalue weighted by Gasteiger charge is -2.18. The van der Waals surface area contributed by atoms with E-state index in [2.05, 4.69) is 20.9 Å². The lowest BCUT2D eigenvalue weighted by Crippen LogP contribution is -2.32. The molecule has 0 unspecified atom stereocenters. The van der Waals surface area contributed by atoms with Crippen molar-refractivity contribution in [3.8, 4) is 0 Å². The Morgan fingerprint density at radius 1 is 1.56 bits per heavy atom. The van der Waals surface area contributed by atoms with Crippen LogP contribution in [0.5, 0.6) is 0 Å². The Morgan fingerprint density at radius 3 is 2.89 bits per heavy atom. The van der Waals surface area contributed by atoms with Crippen molar-refractivity contribution in [2.75, 3.05) is 11.4 Å². The van der Waals surface area contributed by atoms with Crippen LogP contribution in [0.1, 0.15) is 19.0 Å². The van der Waals surface area contributed by atoms with Crippen molar-refractivity contribution in [1.82, 2.24) is 4.98 Å². The zero-order valence-electron chi connectivity index (χ0n) is 10.1. The fourth-order valence-corrected chi connectivity index (χ4v) is 2.41. The molecule has 0 aromatic carbocycles. The molecule has 96 valence electrons. The molecule has 6 heteroatoms. The number of aryl methyl sites for hydroxylation is 1. The molecule has 1 aliphatic rings. The van der Waals surface area contributed by atoms with Gasteiger partial charge in [-0.05, 0) is 35.0 Å². The molecule has 0 radical (unpaired) electrons. The second kappa shape index (κ2) is 5.06. The van der Waals surface area contributed by atoms with E-state index < -0.39 is 12.1 Å². The molecule has 1 amide bonds. The SMILES string of the molecule is CC(=O)O[C@H]1CCN(c2ccc(Br)nc2C)C1=O. The summed E-state index contributed by atoms with van der Waals surface area (Å²) < 4.78 is 5.71. The number of rotatable bonds is 2. The van der Waals surface area contributed by atoms with Crippen LogP contribution in [0, 0.1) is 6.92 Å². The van der Waals surface area contributed by atoms with Crippen molar-refractivity contribution >= 4 is 33.5 Å². The van der Waals surface area contributed by atoms with Gasteiger partial charge in [-0.15, -0.1) is 0 Å². The van der Waals surface area contributed by atoms with Gasteiger partial charge in [0.1, 0.15) is 4.60 Å². The molecule has 2 heterocycles. The summed E-state index contributed by atoms with van der Waals surface area (Å²) in [6, 6.07) is 3.62. The molecule has 18 heavy (non-hydrogen) atoms. The molecule has 0 saturated carbocycles. The molecule has 1 saturated heterocycles. The summed E-state index contributed by atoms with van der Waals surface area (Å²) in [4.78, 5) is 28.8. The van der Waals surface area contributed by atoms with Crippen molar-refractivity contribution in [1.29, 1.82) is 0 Å². The van der Waals surface area contributed by atoms with E-state index in [4.69, 9.17) is 4.74 Å². The Kier molecular flexibility index (Phi) is 3.65. The molecule has 0 N–H and O–H groups in total. The minimum absolute atomic E-state index is 0.183. The average Bonchev–Trinajstić information content (AvgIpc) is 2.60. The quantitative estimate of drug-likeness (QED) is 0.617. The number of pyridine rings is 1. The molecule has 1 fully saturated rings. The first kappa shape index (κ1) is 13.0. The normalized spacial score (nSPS) is 19.2. The van der Waals surface area contributed by atoms with Gasteiger partial charge in [-0.3, -0.25) is 9.59 Å². The number of carbonyl (C=O) groups excluding carboxylic acids is 2. The van der Waals surface area contributed by atoms with Crippen LogP contribution in [0.2, 0.25) is 0 Å². The number of esters is 1. The predicted octanol–water partition coefficient (Wildman–Crippen LogP) is 1.82. The molecule has 0 aliphatic carbocycles. The number of hydrogen-bond acceptors (Lipinski definition) is 4. The first-order valence-electron chi connectivity index (χ1n) is 5.61. The highest BCUT2D eigenvalue weighted by molar-refractivity contribution is 9.10. The summed E-state index contributed by atoms with van der Waals surface area (Å²) in [6.07, 6.45) is -0.140. The van der Waals surface area contributed by atoms with Crippen LogP contribution in [0.3, 0.4) is 0 Å². The van der Waals surface area contributed by atoms with E-state index in [1.54, 1.807) is 11.0 Å². The van der Waals surface area contributed by atoms with Gasteiger partial charge in [0.15, 0.2) is 6.10 Å². The van der Waals surface area contributed by atoms with Crippen molar-refractivity contribution in [3.05, 3.63) is 22.4 Å². The molecular weight excluding hydrogens is 300 g/mol. The molecule has 0 spiro atoms. The molecular formula is C12H13BrN2O3. The Labute approximate surface area is 113 Å². The van der Waals surface area contributed by atoms with Gasteiger partial charge in [-0.1, -0.05) is 0 Å². The molecule has 2 rings (SSSR count). The fourth-order valence-electron chi connectivity index (χ4n) is 2.01. The maximum atomic E-state index is 12.1. The Hall–Kier alpha value is -1.43. The van der Waals surface area contributed by atoms with Gasteiger partial charge in [-0.25, -0.2) is 4.98 Å². The van der Waals surface area contributed by atoms with E-state index in [0.717, 1.165) is 16.0 Å². The van der Waals surface area contributed by atoms with E-state index in [1.165, 1.54) is 6.92 Å². The second-order valence-corrected chi connectivity index (χ2v) is 4.93. The minimum atomic E-state index is -0.662. The van der Waals surface area contributed by atoms with Gasteiger partial charge in [0.25, 0.3) is 5.91 Å². The van der Waals surface area contributed by atoms with E-state index in [0.29, 0.717) is 13.0 Å². The molecule has 1 atom stereocenters. The van der Waals surface area contributed by atoms with Crippen LogP contribution in [0.25, 0.3) is 0 Å². The first-order valence-corrected chi connectivity index (χ1v) is 6.40. The molecule has 0 bridgehead atoms. The number of nitrogens with zero attached hydrogens (tertiary/aromatic N) is 2. The second-order valence-electron chi connectivity index (χ2n) is 4.12. The summed E-state index contributed by atoms with van der Waals surface area (Å²) in [5, 5.41) is 0. The number of anilines is 1. The van der Waals surface area contributed by atoms with E-state index in [-0.39, 0.29) is 5.91 Å². The Balaban J connectivity index is 2.20. The number of halogens is 1. The van der Waals surface area contributed by atoms with Gasteiger partial charge in [0, 0.05) is 19.9 Å². The number of aromatic nitrogens is 1. The summed E-state index contributed by atoms with van der Waals surface area (Å²) in [5.41, 5.74) is 1.53. The number of ether oxygens (including phenoxy) is 1. The lowest BCUT2D eigenvalue weighted by atomic mass is 10.3. The minimum Gasteiger partial charge on any atom is -0.452 e. The van der Waals surface area contributed by atoms with Crippen LogP contribution < -0.4 is 4.90 Å². The van der Waals surface area contributed by atoms with Gasteiger partial charge < -0.3 is 9.64 Å². The zero-order valence-corrected chi connectivity index (χ0v) is 11.7. The van der Waals surface area contributed by atoms with Crippen molar-refractivity contribution < 1.29 is 14.3 Å². The van der Waals surface area contributed by atoms with Crippen LogP contribution in [-0.4, -0.2) is 29.5 Å². The highest BCUT2D eigenvalue weighted by atomic mass is 79.9. The van der Waals surface area contributed by atoms with Gasteiger partial charge in [0.05, 0.1) is 11.4 Å². The monoisotopic (exact) mass is 312 g/mol. The summed E-state index contributed by atoms with van der Waals surface area (Å²) in [7, 11) is 0. The van der Waals surface area contributed by atoms with Crippen LogP contribution in [0.4, 0.5) is 5.69 Å². The molecule has 1 aromatic rings. The van der Waals surface area contributed by atoms with E-state index in [9.17, 15) is 9.59 Å². The van der Waals surface area contributed by atoms with E-state index in [1.807, 2.05) is 13.0 Å². The summed E-state index contributed by atoms with van der Waals surface area (Å²) >= 11 is 3.28. The number of hydrogen-bond donors (Lipinski definition) is 0. The smallest absolute Gasteiger partial charge is 0.303 e. The lowest BCUT2D eigenvalue weighted by molar-refractivity contribution is -0.151. The summed E-state index contributed by atoms with van der Waals surface area (Å²) in [5.74, 6) is -0.613. The third-order valence-corrected chi connectivity index (χ3v) is 3.22. The number of carbonyl (C=O) groups is 2. The standard InChI is InChI=1S/C12H13BrN2O3/c1-7-9(3-4-11(13)14-7)15-6-5-10(12(15)17)18-8(2)16/h3-4,10H,5-6H2,1-2H3/t10-/m0/s1. The molecule has 1 aliphatic heterocycles. The summed E-state index contributed by atoms with van der Waals surface area (Å²) in [6.45, 7) is 3.69. The highest BCUT2D eigenvalue weighted by Crippen LogP contribution is 2.26. The van der Waals surface area contributed by atoms with Gasteiger partial charge in [-0.2, -0.15) is 0 Å². The Morgan fingerprint density at radius 2 is 2.28 bits per heavy atom. The predicted molar refractivity (Wildman–Crippen MR) is 69.2 cm³/mol. The van der Waals surface area contributed by atoms with Crippen LogP contribution in [-0.2, 0) is 14.3 Å². The molecule has 5 nitrogen and oxygen atoms in total. The van der Waals surface area contributed by atoms with Crippen molar-refractivity contribution in [3.63, 3.8) is 0 Å². The van der Waals surface area contributed by atoms with Crippen molar-refractivity contribution in [2.24, 2.45) is 0 Å². The fraction of sp³-hybridized carbons (Fsp3) is 0.417. The van der Waals surface area contributed by atoms with Crippen molar-refractivity contribution in [2.45, 2.75) is 26.4 Å². The average molecular weight is 313 g/mol. The topological polar surface area (TPSA) is 59.5 Å². The van der Waals surface area contributed by atoms with Crippen LogP contribution in [0.15, 0.2) is 16.7 Å². The third-order valence-electron chi connectivity index (χ3n) is 2.78. The maximum Gasteiger partial charge on any atom is 0.303 e. The number of amides is 1. The zero-order chi connectivity index (χ0) is 13.3. The third kappa shape index (κ3) is 2.53. The van der Waals surface area contributed by atoms with Crippen LogP contribution >= 0.6 is 15.9 Å². The molecule has 1 aromatic heterocycles. The van der Waals surface area contributed by atoms with E-state index >= 15 is 0 Å². The first-order chi connectivity index (χ1) is 8.49. The van der Waals surface area contributed by atoms with Gasteiger partial charge >= 0.3 is 5.97 Å². The maximum absolute atomic E-state index is 12.1. The van der Waals surface area contributed by atoms with Gasteiger partial charge in [0.2, 0.25) is 0 Å². The Bertz CT molecular complexity index is 504. The highest BCUT2D eigenvalue weighted by Gasteiger charge is 2.35.